The Morgan fingerprint density at radius 2 is 0.589 bits per heavy atom. The predicted molar refractivity (Wildman–Crippen MR) is 238 cm³/mol. The number of rotatable bonds is 45. The molecule has 330 valence electrons. The van der Waals surface area contributed by atoms with Crippen LogP contribution in [-0.4, -0.2) is 37.2 Å². The van der Waals surface area contributed by atoms with E-state index < -0.39 is 6.10 Å². The highest BCUT2D eigenvalue weighted by atomic mass is 16.6. The van der Waals surface area contributed by atoms with Gasteiger partial charge in [-0.1, -0.05) is 219 Å². The molecular weight excluding hydrogens is 697 g/mol. The van der Waals surface area contributed by atoms with Crippen molar-refractivity contribution in [2.75, 3.05) is 13.2 Å². The van der Waals surface area contributed by atoms with Crippen LogP contribution in [0.5, 0.6) is 0 Å². The SMILES string of the molecule is CCCCCCCCCC/C=C\CCCCCCCCCCCC(=O)OCC(COC(=O)CCCCCCCCCC)OC(=O)CCCCCCCCCCC. The first-order chi connectivity index (χ1) is 27.5. The highest BCUT2D eigenvalue weighted by molar-refractivity contribution is 5.71. The molecule has 0 saturated heterocycles. The van der Waals surface area contributed by atoms with Crippen LogP contribution < -0.4 is 0 Å². The lowest BCUT2D eigenvalue weighted by Crippen LogP contribution is -2.30. The molecule has 0 aliphatic heterocycles. The van der Waals surface area contributed by atoms with Gasteiger partial charge in [0.2, 0.25) is 0 Å². The lowest BCUT2D eigenvalue weighted by atomic mass is 10.1. The zero-order chi connectivity index (χ0) is 40.8. The van der Waals surface area contributed by atoms with Crippen molar-refractivity contribution in [2.24, 2.45) is 0 Å². The van der Waals surface area contributed by atoms with Gasteiger partial charge < -0.3 is 14.2 Å². The molecule has 0 aliphatic rings. The summed E-state index contributed by atoms with van der Waals surface area (Å²) in [5, 5.41) is 0. The van der Waals surface area contributed by atoms with Crippen LogP contribution in [0.15, 0.2) is 12.2 Å². The van der Waals surface area contributed by atoms with Crippen molar-refractivity contribution < 1.29 is 28.6 Å². The molecule has 0 aliphatic carbocycles. The molecule has 1 unspecified atom stereocenters. The Morgan fingerprint density at radius 1 is 0.339 bits per heavy atom. The fourth-order valence-electron chi connectivity index (χ4n) is 7.26. The van der Waals surface area contributed by atoms with Crippen molar-refractivity contribution in [3.05, 3.63) is 12.2 Å². The molecule has 0 fully saturated rings. The third-order valence-electron chi connectivity index (χ3n) is 11.0. The van der Waals surface area contributed by atoms with Gasteiger partial charge >= 0.3 is 17.9 Å². The van der Waals surface area contributed by atoms with Gasteiger partial charge in [0.25, 0.3) is 0 Å². The van der Waals surface area contributed by atoms with Gasteiger partial charge in [-0.3, -0.25) is 14.4 Å². The lowest BCUT2D eigenvalue weighted by Gasteiger charge is -2.18. The summed E-state index contributed by atoms with van der Waals surface area (Å²) >= 11 is 0. The van der Waals surface area contributed by atoms with Crippen LogP contribution in [0.4, 0.5) is 0 Å². The third-order valence-corrected chi connectivity index (χ3v) is 11.0. The smallest absolute Gasteiger partial charge is 0.306 e. The standard InChI is InChI=1S/C50H94O6/c1-4-7-10-13-16-19-20-21-22-23-24-25-26-27-28-29-30-32-34-37-40-43-49(52)55-46-47(45-54-48(51)42-39-36-33-18-15-12-9-6-3)56-50(53)44-41-38-35-31-17-14-11-8-5-2/h23-24,47H,4-22,25-46H2,1-3H3/b24-23-. The highest BCUT2D eigenvalue weighted by Crippen LogP contribution is 2.15. The van der Waals surface area contributed by atoms with E-state index in [0.717, 1.165) is 57.8 Å². The Morgan fingerprint density at radius 3 is 0.893 bits per heavy atom. The minimum absolute atomic E-state index is 0.0668. The molecule has 0 radical (unpaired) electrons. The number of allylic oxidation sites excluding steroid dienone is 2. The van der Waals surface area contributed by atoms with Gasteiger partial charge in [-0.15, -0.1) is 0 Å². The second-order valence-electron chi connectivity index (χ2n) is 16.7. The molecular formula is C50H94O6. The maximum Gasteiger partial charge on any atom is 0.306 e. The summed E-state index contributed by atoms with van der Waals surface area (Å²) in [4.78, 5) is 37.6. The second-order valence-corrected chi connectivity index (χ2v) is 16.7. The maximum absolute atomic E-state index is 12.7. The van der Waals surface area contributed by atoms with Crippen LogP contribution in [-0.2, 0) is 28.6 Å². The van der Waals surface area contributed by atoms with E-state index in [9.17, 15) is 14.4 Å². The predicted octanol–water partition coefficient (Wildman–Crippen LogP) is 15.8. The van der Waals surface area contributed by atoms with Crippen LogP contribution in [0.1, 0.15) is 271 Å². The van der Waals surface area contributed by atoms with Crippen LogP contribution in [0, 0.1) is 0 Å². The summed E-state index contributed by atoms with van der Waals surface area (Å²) in [5.74, 6) is -0.865. The average Bonchev–Trinajstić information content (AvgIpc) is 3.19. The summed E-state index contributed by atoms with van der Waals surface area (Å²) in [6.45, 7) is 6.61. The van der Waals surface area contributed by atoms with Gasteiger partial charge in [0, 0.05) is 19.3 Å². The number of ether oxygens (including phenoxy) is 3. The molecule has 0 aromatic carbocycles. The molecule has 0 aromatic rings. The molecule has 0 spiro atoms. The molecule has 0 aromatic heterocycles. The number of hydrogen-bond donors (Lipinski definition) is 0. The van der Waals surface area contributed by atoms with E-state index in [4.69, 9.17) is 14.2 Å². The van der Waals surface area contributed by atoms with Crippen molar-refractivity contribution in [3.63, 3.8) is 0 Å². The Kier molecular flexibility index (Phi) is 44.3. The van der Waals surface area contributed by atoms with Crippen molar-refractivity contribution in [2.45, 2.75) is 277 Å². The van der Waals surface area contributed by atoms with Crippen molar-refractivity contribution in [3.8, 4) is 0 Å². The van der Waals surface area contributed by atoms with E-state index in [1.165, 1.54) is 173 Å². The normalized spacial score (nSPS) is 12.0. The molecule has 56 heavy (non-hydrogen) atoms. The summed E-state index contributed by atoms with van der Waals surface area (Å²) in [6.07, 6.45) is 49.3. The molecule has 1 atom stereocenters. The van der Waals surface area contributed by atoms with Crippen molar-refractivity contribution in [1.82, 2.24) is 0 Å². The minimum Gasteiger partial charge on any atom is -0.462 e. The number of esters is 3. The molecule has 0 saturated carbocycles. The summed E-state index contributed by atoms with van der Waals surface area (Å²) < 4.78 is 16.7. The Bertz CT molecular complexity index is 870. The maximum atomic E-state index is 12.7. The van der Waals surface area contributed by atoms with Crippen LogP contribution in [0.2, 0.25) is 0 Å². The molecule has 0 amide bonds. The van der Waals surface area contributed by atoms with E-state index in [2.05, 4.69) is 32.9 Å². The van der Waals surface area contributed by atoms with Crippen molar-refractivity contribution in [1.29, 1.82) is 0 Å². The van der Waals surface area contributed by atoms with Gasteiger partial charge in [-0.2, -0.15) is 0 Å². The number of carbonyl (C=O) groups is 3. The number of carbonyl (C=O) groups excluding carboxylic acids is 3. The molecule has 0 N–H and O–H groups in total. The first kappa shape index (κ1) is 54.2. The fraction of sp³-hybridized carbons (Fsp3) is 0.900. The van der Waals surface area contributed by atoms with Crippen LogP contribution >= 0.6 is 0 Å². The molecule has 6 heteroatoms. The summed E-state index contributed by atoms with van der Waals surface area (Å²) in [5.41, 5.74) is 0. The number of unbranched alkanes of at least 4 members (excludes halogenated alkanes) is 32. The van der Waals surface area contributed by atoms with Crippen molar-refractivity contribution >= 4 is 17.9 Å². The first-order valence-corrected chi connectivity index (χ1v) is 24.7. The zero-order valence-corrected chi connectivity index (χ0v) is 37.7. The second kappa shape index (κ2) is 45.8. The van der Waals surface area contributed by atoms with E-state index >= 15 is 0 Å². The average molecular weight is 791 g/mol. The summed E-state index contributed by atoms with van der Waals surface area (Å²) in [6, 6.07) is 0. The fourth-order valence-corrected chi connectivity index (χ4v) is 7.26. The monoisotopic (exact) mass is 791 g/mol. The van der Waals surface area contributed by atoms with Crippen LogP contribution in [0.3, 0.4) is 0 Å². The quantitative estimate of drug-likeness (QED) is 0.0264. The largest absolute Gasteiger partial charge is 0.462 e. The Labute approximate surface area is 348 Å². The third kappa shape index (κ3) is 43.3. The minimum atomic E-state index is -0.761. The Balaban J connectivity index is 4.13. The van der Waals surface area contributed by atoms with Gasteiger partial charge in [0.1, 0.15) is 13.2 Å². The van der Waals surface area contributed by atoms with E-state index in [1.54, 1.807) is 0 Å². The van der Waals surface area contributed by atoms with Crippen LogP contribution in [0.25, 0.3) is 0 Å². The number of hydrogen-bond acceptors (Lipinski definition) is 6. The molecule has 0 rings (SSSR count). The molecule has 0 heterocycles. The summed E-state index contributed by atoms with van der Waals surface area (Å²) in [7, 11) is 0. The van der Waals surface area contributed by atoms with E-state index in [-0.39, 0.29) is 31.1 Å². The Hall–Kier alpha value is -1.85. The molecule has 0 bridgehead atoms. The first-order valence-electron chi connectivity index (χ1n) is 24.7. The van der Waals surface area contributed by atoms with Gasteiger partial charge in [0.05, 0.1) is 0 Å². The lowest BCUT2D eigenvalue weighted by molar-refractivity contribution is -0.167. The van der Waals surface area contributed by atoms with Gasteiger partial charge in [-0.05, 0) is 44.9 Å². The van der Waals surface area contributed by atoms with E-state index in [0.29, 0.717) is 19.3 Å². The highest BCUT2D eigenvalue weighted by Gasteiger charge is 2.19. The van der Waals surface area contributed by atoms with Gasteiger partial charge in [-0.25, -0.2) is 0 Å². The van der Waals surface area contributed by atoms with E-state index in [1.807, 2.05) is 0 Å². The topological polar surface area (TPSA) is 78.9 Å². The van der Waals surface area contributed by atoms with Gasteiger partial charge in [0.15, 0.2) is 6.10 Å². The zero-order valence-electron chi connectivity index (χ0n) is 37.7. The molecule has 6 nitrogen and oxygen atoms in total.